The van der Waals surface area contributed by atoms with E-state index in [4.69, 9.17) is 21.3 Å². The second-order valence-electron chi connectivity index (χ2n) is 7.18. The molecule has 0 saturated carbocycles. The molecule has 0 atom stereocenters. The molecule has 4 aromatic rings. The number of rotatable bonds is 6. The third-order valence-corrected chi connectivity index (χ3v) is 6.29. The Kier molecular flexibility index (Phi) is 6.80. The summed E-state index contributed by atoms with van der Waals surface area (Å²) in [6.45, 7) is 4.37. The maximum Gasteiger partial charge on any atom is 0.232 e. The number of aromatic nitrogens is 1. The molecule has 0 aliphatic heterocycles. The van der Waals surface area contributed by atoms with Crippen LogP contribution in [-0.2, 0) is 0 Å². The number of ether oxygens (including phenoxy) is 1. The Balaban J connectivity index is 2.04. The summed E-state index contributed by atoms with van der Waals surface area (Å²) in [5.74, 6) is 0.340. The number of hydrogen-bond donors (Lipinski definition) is 0. The second kappa shape index (κ2) is 9.91. The van der Waals surface area contributed by atoms with Gasteiger partial charge in [0.25, 0.3) is 0 Å². The fourth-order valence-corrected chi connectivity index (χ4v) is 4.62. The first-order valence-corrected chi connectivity index (χ1v) is 11.5. The van der Waals surface area contributed by atoms with Gasteiger partial charge in [-0.15, -0.1) is 0 Å². The van der Waals surface area contributed by atoms with Gasteiger partial charge in [-0.25, -0.2) is 4.98 Å². The van der Waals surface area contributed by atoms with Gasteiger partial charge in [-0.2, -0.15) is 5.26 Å². The number of benzene rings is 3. The van der Waals surface area contributed by atoms with Crippen LogP contribution in [0.2, 0.25) is 5.02 Å². The first-order valence-electron chi connectivity index (χ1n) is 10.3. The molecule has 0 spiro atoms. The van der Waals surface area contributed by atoms with Crippen LogP contribution in [0.25, 0.3) is 22.4 Å². The molecule has 1 heterocycles. The van der Waals surface area contributed by atoms with E-state index >= 15 is 0 Å². The van der Waals surface area contributed by atoms with Crippen LogP contribution in [0, 0.1) is 18.3 Å². The summed E-state index contributed by atoms with van der Waals surface area (Å²) in [5, 5.41) is 10.8. The van der Waals surface area contributed by atoms with Crippen molar-refractivity contribution in [3.63, 3.8) is 0 Å². The molecule has 0 saturated heterocycles. The lowest BCUT2D eigenvalue weighted by Gasteiger charge is -2.19. The molecule has 3 aromatic carbocycles. The van der Waals surface area contributed by atoms with Gasteiger partial charge in [0, 0.05) is 25.9 Å². The summed E-state index contributed by atoms with van der Waals surface area (Å²) < 4.78 is 5.83. The van der Waals surface area contributed by atoms with E-state index < -0.39 is 0 Å². The van der Waals surface area contributed by atoms with E-state index in [0.717, 1.165) is 32.2 Å². The maximum atomic E-state index is 10.1. The summed E-state index contributed by atoms with van der Waals surface area (Å²) in [7, 11) is 0. The molecule has 0 amide bonds. The smallest absolute Gasteiger partial charge is 0.232 e. The van der Waals surface area contributed by atoms with Gasteiger partial charge in [-0.05, 0) is 43.7 Å². The summed E-state index contributed by atoms with van der Waals surface area (Å²) >= 11 is 7.74. The minimum Gasteiger partial charge on any atom is -0.477 e. The van der Waals surface area contributed by atoms with E-state index in [-0.39, 0.29) is 0 Å². The van der Waals surface area contributed by atoms with Crippen molar-refractivity contribution in [2.75, 3.05) is 6.61 Å². The van der Waals surface area contributed by atoms with Crippen LogP contribution in [-0.4, -0.2) is 11.6 Å². The topological polar surface area (TPSA) is 45.9 Å². The molecule has 4 rings (SSSR count). The van der Waals surface area contributed by atoms with Gasteiger partial charge in [0.1, 0.15) is 11.6 Å². The molecule has 0 aliphatic rings. The molecule has 158 valence electrons. The van der Waals surface area contributed by atoms with Crippen molar-refractivity contribution in [2.24, 2.45) is 0 Å². The minimum atomic E-state index is 0.340. The van der Waals surface area contributed by atoms with Gasteiger partial charge >= 0.3 is 0 Å². The highest BCUT2D eigenvalue weighted by molar-refractivity contribution is 7.99. The molecular formula is C27H21ClN2OS. The normalized spacial score (nSPS) is 10.6. The van der Waals surface area contributed by atoms with E-state index in [9.17, 15) is 5.26 Å². The van der Waals surface area contributed by atoms with Crippen LogP contribution in [0.4, 0.5) is 0 Å². The second-order valence-corrected chi connectivity index (χ2v) is 8.70. The highest BCUT2D eigenvalue weighted by atomic mass is 35.5. The lowest BCUT2D eigenvalue weighted by molar-refractivity contribution is 0.326. The van der Waals surface area contributed by atoms with Crippen molar-refractivity contribution in [1.82, 2.24) is 4.98 Å². The average molecular weight is 457 g/mol. The lowest BCUT2D eigenvalue weighted by atomic mass is 9.98. The number of nitrogens with zero attached hydrogens (tertiary/aromatic N) is 2. The lowest BCUT2D eigenvalue weighted by Crippen LogP contribution is -2.03. The molecule has 0 bridgehead atoms. The van der Waals surface area contributed by atoms with Gasteiger partial charge < -0.3 is 4.74 Å². The van der Waals surface area contributed by atoms with Crippen molar-refractivity contribution in [2.45, 2.75) is 23.6 Å². The maximum absolute atomic E-state index is 10.1. The SMILES string of the molecule is CCOc1nc(-c2ccc(Cl)cc2)c(Sc2ccc(C)cc2)c(-c2ccccc2)c1C#N. The Morgan fingerprint density at radius 1 is 0.938 bits per heavy atom. The fraction of sp³-hybridized carbons (Fsp3) is 0.111. The van der Waals surface area contributed by atoms with E-state index in [0.29, 0.717) is 23.1 Å². The van der Waals surface area contributed by atoms with Gasteiger partial charge in [-0.1, -0.05) is 83.5 Å². The van der Waals surface area contributed by atoms with Crippen molar-refractivity contribution in [3.8, 4) is 34.3 Å². The van der Waals surface area contributed by atoms with Crippen molar-refractivity contribution in [3.05, 3.63) is 95.0 Å². The zero-order valence-corrected chi connectivity index (χ0v) is 19.4. The average Bonchev–Trinajstić information content (AvgIpc) is 2.82. The first-order chi connectivity index (χ1) is 15.6. The van der Waals surface area contributed by atoms with Crippen LogP contribution < -0.4 is 4.74 Å². The number of halogens is 1. The predicted molar refractivity (Wildman–Crippen MR) is 131 cm³/mol. The number of nitriles is 1. The van der Waals surface area contributed by atoms with Crippen molar-refractivity contribution in [1.29, 1.82) is 5.26 Å². The molecule has 0 radical (unpaired) electrons. The summed E-state index contributed by atoms with van der Waals surface area (Å²) in [6, 6.07) is 28.2. The zero-order chi connectivity index (χ0) is 22.5. The Hall–Kier alpha value is -3.26. The molecule has 0 fully saturated rings. The van der Waals surface area contributed by atoms with Crippen LogP contribution in [0.3, 0.4) is 0 Å². The number of aryl methyl sites for hydroxylation is 1. The van der Waals surface area contributed by atoms with Crippen LogP contribution in [0.1, 0.15) is 18.1 Å². The molecule has 3 nitrogen and oxygen atoms in total. The molecule has 0 unspecified atom stereocenters. The Morgan fingerprint density at radius 3 is 2.25 bits per heavy atom. The van der Waals surface area contributed by atoms with Crippen molar-refractivity contribution < 1.29 is 4.74 Å². The summed E-state index contributed by atoms with van der Waals surface area (Å²) in [4.78, 5) is 6.80. The van der Waals surface area contributed by atoms with Crippen LogP contribution in [0.5, 0.6) is 5.88 Å². The monoisotopic (exact) mass is 456 g/mol. The highest BCUT2D eigenvalue weighted by Gasteiger charge is 2.24. The predicted octanol–water partition coefficient (Wildman–Crippen LogP) is 7.80. The molecule has 32 heavy (non-hydrogen) atoms. The van der Waals surface area contributed by atoms with E-state index in [1.165, 1.54) is 5.56 Å². The fourth-order valence-electron chi connectivity index (χ4n) is 3.40. The first kappa shape index (κ1) is 22.0. The number of hydrogen-bond acceptors (Lipinski definition) is 4. The molecule has 5 heteroatoms. The van der Waals surface area contributed by atoms with Gasteiger partial charge in [0.2, 0.25) is 5.88 Å². The van der Waals surface area contributed by atoms with Crippen LogP contribution >= 0.6 is 23.4 Å². The molecular weight excluding hydrogens is 436 g/mol. The van der Waals surface area contributed by atoms with Gasteiger partial charge in [0.05, 0.1) is 12.3 Å². The van der Waals surface area contributed by atoms with Gasteiger partial charge in [0.15, 0.2) is 0 Å². The molecule has 0 N–H and O–H groups in total. The third kappa shape index (κ3) is 4.65. The summed E-state index contributed by atoms with van der Waals surface area (Å²) in [6.07, 6.45) is 0. The minimum absolute atomic E-state index is 0.340. The van der Waals surface area contributed by atoms with Crippen molar-refractivity contribution >= 4 is 23.4 Å². The van der Waals surface area contributed by atoms with Crippen LogP contribution in [0.15, 0.2) is 88.7 Å². The Labute approximate surface area is 197 Å². The number of pyridine rings is 1. The van der Waals surface area contributed by atoms with E-state index in [1.54, 1.807) is 11.8 Å². The van der Waals surface area contributed by atoms with E-state index in [2.05, 4.69) is 37.3 Å². The quantitative estimate of drug-likeness (QED) is 0.297. The Bertz CT molecular complexity index is 1260. The zero-order valence-electron chi connectivity index (χ0n) is 17.8. The highest BCUT2D eigenvalue weighted by Crippen LogP contribution is 2.46. The standard InChI is InChI=1S/C27H21ClN2OS/c1-3-31-27-23(17-29)24(19-7-5-4-6-8-19)26(32-22-15-9-18(2)10-16-22)25(30-27)20-11-13-21(28)14-12-20/h4-16H,3H2,1-2H3. The largest absolute Gasteiger partial charge is 0.477 e. The molecule has 0 aliphatic carbocycles. The Morgan fingerprint density at radius 2 is 1.62 bits per heavy atom. The van der Waals surface area contributed by atoms with E-state index in [1.807, 2.05) is 61.5 Å². The summed E-state index contributed by atoms with van der Waals surface area (Å²) in [5.41, 5.74) is 5.06. The third-order valence-electron chi connectivity index (χ3n) is 4.93. The van der Waals surface area contributed by atoms with Gasteiger partial charge in [-0.3, -0.25) is 0 Å². The molecule has 1 aromatic heterocycles.